The second-order valence-electron chi connectivity index (χ2n) is 17.8. The number of ether oxygens (including phenoxy) is 4. The van der Waals surface area contributed by atoms with Gasteiger partial charge in [-0.1, -0.05) is 123 Å². The Kier molecular flexibility index (Phi) is 29.5. The molecule has 1 aromatic rings. The number of esters is 4. The minimum absolute atomic E-state index is 0.0607. The Morgan fingerprint density at radius 2 is 1.10 bits per heavy atom. The molecule has 0 radical (unpaired) electrons. The molecule has 10 nitrogen and oxygen atoms in total. The number of hydrogen-bond donors (Lipinski definition) is 1. The van der Waals surface area contributed by atoms with Crippen LogP contribution in [0.2, 0.25) is 0 Å². The zero-order chi connectivity index (χ0) is 45.5. The molecule has 0 aliphatic rings. The maximum absolute atomic E-state index is 13.2. The normalized spacial score (nSPS) is 12.8. The highest BCUT2D eigenvalue weighted by Gasteiger charge is 2.31. The van der Waals surface area contributed by atoms with Crippen LogP contribution in [0.4, 0.5) is 0 Å². The molecule has 10 heteroatoms. The molecule has 2 atom stereocenters. The summed E-state index contributed by atoms with van der Waals surface area (Å²) in [6, 6.07) is 3.72. The summed E-state index contributed by atoms with van der Waals surface area (Å²) in [5.74, 6) is -2.53. The molecule has 61 heavy (non-hydrogen) atoms. The third-order valence-corrected chi connectivity index (χ3v) is 10.7. The van der Waals surface area contributed by atoms with E-state index < -0.39 is 29.4 Å². The summed E-state index contributed by atoms with van der Waals surface area (Å²) in [5.41, 5.74) is 1.69. The van der Waals surface area contributed by atoms with E-state index in [0.717, 1.165) is 114 Å². The standard InChI is InChI=1S/C51H82O10/c1-9-11-13-15-17-19-21-23-25-27-29-46(54)58-37-43(38-59-47(55)30-28-26-24-22-20-18-16-14-12-10-2)60-48(56)34-39(3)31-40(4)35-49(57)61-44-33-41(5)32-42(6)50(44)51(7,8)36-45(52)53/h13-16,32-33,39-40,43H,9-12,17-31,34-38H2,1-8H3,(H,52,53)/b15-13-,16-14-. The molecule has 0 saturated heterocycles. The number of rotatable bonds is 35. The van der Waals surface area contributed by atoms with Crippen LogP contribution in [-0.4, -0.2) is 54.3 Å². The molecule has 0 saturated carbocycles. The van der Waals surface area contributed by atoms with Gasteiger partial charge in [-0.25, -0.2) is 0 Å². The number of hydrogen-bond acceptors (Lipinski definition) is 9. The van der Waals surface area contributed by atoms with Crippen molar-refractivity contribution in [3.05, 3.63) is 53.1 Å². The van der Waals surface area contributed by atoms with Gasteiger partial charge in [-0.05, 0) is 101 Å². The Balaban J connectivity index is 2.70. The summed E-state index contributed by atoms with van der Waals surface area (Å²) in [5, 5.41) is 9.51. The average molecular weight is 855 g/mol. The Morgan fingerprint density at radius 3 is 1.59 bits per heavy atom. The first kappa shape index (κ1) is 55.1. The van der Waals surface area contributed by atoms with Crippen LogP contribution in [0.3, 0.4) is 0 Å². The first-order valence-corrected chi connectivity index (χ1v) is 23.4. The SMILES string of the molecule is CCC/C=C\CCCCCCCC(=O)OCC(COC(=O)CCCCCCC/C=C\CCC)OC(=O)CC(C)CC(C)CC(=O)Oc1cc(C)cc(C)c1C(C)(C)CC(=O)O. The second kappa shape index (κ2) is 32.7. The van der Waals surface area contributed by atoms with Crippen molar-refractivity contribution < 1.29 is 48.0 Å². The molecule has 0 bridgehead atoms. The van der Waals surface area contributed by atoms with Crippen molar-refractivity contribution in [1.82, 2.24) is 0 Å². The van der Waals surface area contributed by atoms with Gasteiger partial charge in [0.1, 0.15) is 19.0 Å². The molecular formula is C51H82O10. The second-order valence-corrected chi connectivity index (χ2v) is 17.8. The zero-order valence-electron chi connectivity index (χ0n) is 39.3. The highest BCUT2D eigenvalue weighted by atomic mass is 16.6. The Hall–Kier alpha value is -3.95. The van der Waals surface area contributed by atoms with Gasteiger partial charge in [-0.2, -0.15) is 0 Å². The van der Waals surface area contributed by atoms with Gasteiger partial charge >= 0.3 is 29.8 Å². The van der Waals surface area contributed by atoms with Crippen molar-refractivity contribution in [3.63, 3.8) is 0 Å². The predicted molar refractivity (Wildman–Crippen MR) is 244 cm³/mol. The van der Waals surface area contributed by atoms with E-state index in [2.05, 4.69) is 38.2 Å². The summed E-state index contributed by atoms with van der Waals surface area (Å²) in [6.45, 7) is 15.2. The van der Waals surface area contributed by atoms with Crippen molar-refractivity contribution in [1.29, 1.82) is 0 Å². The molecule has 0 amide bonds. The van der Waals surface area contributed by atoms with E-state index >= 15 is 0 Å². The maximum Gasteiger partial charge on any atom is 0.311 e. The summed E-state index contributed by atoms with van der Waals surface area (Å²) >= 11 is 0. The zero-order valence-corrected chi connectivity index (χ0v) is 39.3. The summed E-state index contributed by atoms with van der Waals surface area (Å²) in [6.07, 6.45) is 25.8. The van der Waals surface area contributed by atoms with Gasteiger partial charge in [0.15, 0.2) is 6.10 Å². The van der Waals surface area contributed by atoms with Gasteiger partial charge in [0.2, 0.25) is 0 Å². The van der Waals surface area contributed by atoms with Gasteiger partial charge < -0.3 is 24.1 Å². The molecule has 0 aliphatic heterocycles. The van der Waals surface area contributed by atoms with Crippen LogP contribution in [0.5, 0.6) is 5.75 Å². The van der Waals surface area contributed by atoms with E-state index in [-0.39, 0.29) is 69.1 Å². The van der Waals surface area contributed by atoms with Crippen LogP contribution in [0.15, 0.2) is 36.4 Å². The minimum atomic E-state index is -0.937. The fourth-order valence-electron chi connectivity index (χ4n) is 7.72. The summed E-state index contributed by atoms with van der Waals surface area (Å²) in [4.78, 5) is 63.2. The molecule has 0 aromatic heterocycles. The number of benzene rings is 1. The lowest BCUT2D eigenvalue weighted by molar-refractivity contribution is -0.167. The number of allylic oxidation sites excluding steroid dienone is 4. The van der Waals surface area contributed by atoms with Gasteiger partial charge in [-0.3, -0.25) is 24.0 Å². The topological polar surface area (TPSA) is 142 Å². The Labute approximate surface area is 369 Å². The maximum atomic E-state index is 13.2. The van der Waals surface area contributed by atoms with Crippen LogP contribution in [0.1, 0.15) is 199 Å². The fraction of sp³-hybridized carbons (Fsp3) is 0.706. The number of carbonyl (C=O) groups excluding carboxylic acids is 4. The average Bonchev–Trinajstić information content (AvgIpc) is 3.16. The van der Waals surface area contributed by atoms with Crippen molar-refractivity contribution in [3.8, 4) is 5.75 Å². The quantitative estimate of drug-likeness (QED) is 0.0230. The molecule has 2 unspecified atom stereocenters. The molecule has 0 spiro atoms. The smallest absolute Gasteiger partial charge is 0.311 e. The van der Waals surface area contributed by atoms with Crippen LogP contribution in [0.25, 0.3) is 0 Å². The number of aliphatic carboxylic acids is 1. The molecule has 1 rings (SSSR count). The molecule has 1 N–H and O–H groups in total. The van der Waals surface area contributed by atoms with E-state index in [9.17, 15) is 29.1 Å². The molecule has 0 heterocycles. The van der Waals surface area contributed by atoms with E-state index in [4.69, 9.17) is 18.9 Å². The number of carboxylic acid groups (broad SMARTS) is 1. The molecular weight excluding hydrogens is 773 g/mol. The summed E-state index contributed by atoms with van der Waals surface area (Å²) < 4.78 is 22.6. The number of unbranched alkanes of at least 4 members (excludes halogenated alkanes) is 12. The van der Waals surface area contributed by atoms with Gasteiger partial charge in [0, 0.05) is 36.7 Å². The molecule has 346 valence electrons. The largest absolute Gasteiger partial charge is 0.481 e. The Morgan fingerprint density at radius 1 is 0.639 bits per heavy atom. The van der Waals surface area contributed by atoms with Crippen LogP contribution in [0, 0.1) is 25.7 Å². The van der Waals surface area contributed by atoms with Gasteiger partial charge in [0.05, 0.1) is 6.42 Å². The Bertz CT molecular complexity index is 1450. The monoisotopic (exact) mass is 855 g/mol. The lowest BCUT2D eigenvalue weighted by atomic mass is 9.78. The molecule has 1 aromatic carbocycles. The minimum Gasteiger partial charge on any atom is -0.481 e. The summed E-state index contributed by atoms with van der Waals surface area (Å²) in [7, 11) is 0. The van der Waals surface area contributed by atoms with Gasteiger partial charge in [-0.15, -0.1) is 0 Å². The predicted octanol–water partition coefficient (Wildman–Crippen LogP) is 12.6. The van der Waals surface area contributed by atoms with Crippen molar-refractivity contribution >= 4 is 29.8 Å². The molecule has 0 fully saturated rings. The number of carbonyl (C=O) groups is 5. The van der Waals surface area contributed by atoms with Crippen LogP contribution in [-0.2, 0) is 43.6 Å². The van der Waals surface area contributed by atoms with E-state index in [0.29, 0.717) is 17.7 Å². The van der Waals surface area contributed by atoms with E-state index in [1.807, 2.05) is 47.6 Å². The fourth-order valence-corrected chi connectivity index (χ4v) is 7.72. The number of carboxylic acids is 1. The number of aryl methyl sites for hydroxylation is 2. The van der Waals surface area contributed by atoms with Crippen molar-refractivity contribution in [2.45, 2.75) is 208 Å². The third-order valence-electron chi connectivity index (χ3n) is 10.7. The van der Waals surface area contributed by atoms with Gasteiger partial charge in [0.25, 0.3) is 0 Å². The first-order chi connectivity index (χ1) is 29.1. The van der Waals surface area contributed by atoms with Crippen LogP contribution >= 0.6 is 0 Å². The first-order valence-electron chi connectivity index (χ1n) is 23.4. The van der Waals surface area contributed by atoms with Crippen LogP contribution < -0.4 is 4.74 Å². The lowest BCUT2D eigenvalue weighted by Crippen LogP contribution is -2.31. The lowest BCUT2D eigenvalue weighted by Gasteiger charge is -2.28. The van der Waals surface area contributed by atoms with Crippen molar-refractivity contribution in [2.24, 2.45) is 11.8 Å². The van der Waals surface area contributed by atoms with E-state index in [1.165, 1.54) is 0 Å². The van der Waals surface area contributed by atoms with Crippen molar-refractivity contribution in [2.75, 3.05) is 13.2 Å². The highest BCUT2D eigenvalue weighted by molar-refractivity contribution is 5.75. The third kappa shape index (κ3) is 27.6. The van der Waals surface area contributed by atoms with E-state index in [1.54, 1.807) is 6.07 Å². The molecule has 0 aliphatic carbocycles. The highest BCUT2D eigenvalue weighted by Crippen LogP contribution is 2.38.